The summed E-state index contributed by atoms with van der Waals surface area (Å²) in [7, 11) is 0. The van der Waals surface area contributed by atoms with Gasteiger partial charge in [0.05, 0.1) is 36.9 Å². The smallest absolute Gasteiger partial charge is 0.266 e. The lowest BCUT2D eigenvalue weighted by atomic mass is 9.77. The summed E-state index contributed by atoms with van der Waals surface area (Å²) in [5.41, 5.74) is 2.47. The summed E-state index contributed by atoms with van der Waals surface area (Å²) in [5.74, 6) is 1.56. The van der Waals surface area contributed by atoms with Crippen LogP contribution in [0.15, 0.2) is 24.3 Å². The van der Waals surface area contributed by atoms with Crippen LogP contribution in [0.25, 0.3) is 10.9 Å². The van der Waals surface area contributed by atoms with Gasteiger partial charge in [0.25, 0.3) is 6.43 Å². The molecule has 0 radical (unpaired) electrons. The number of nitrogens with zero attached hydrogens (tertiary/aromatic N) is 3. The zero-order valence-electron chi connectivity index (χ0n) is 23.4. The molecule has 6 rings (SSSR count). The van der Waals surface area contributed by atoms with Gasteiger partial charge in [-0.05, 0) is 57.1 Å². The van der Waals surface area contributed by atoms with E-state index in [-0.39, 0.29) is 23.3 Å². The summed E-state index contributed by atoms with van der Waals surface area (Å²) < 4.78 is 53.2. The third-order valence-electron chi connectivity index (χ3n) is 8.73. The number of hydrogen-bond donors (Lipinski definition) is 1. The van der Waals surface area contributed by atoms with Crippen molar-refractivity contribution in [2.24, 2.45) is 5.92 Å². The molecule has 1 saturated heterocycles. The molecule has 3 aliphatic rings. The van der Waals surface area contributed by atoms with Gasteiger partial charge >= 0.3 is 0 Å². The molecular weight excluding hydrogens is 533 g/mol. The van der Waals surface area contributed by atoms with Crippen LogP contribution in [-0.4, -0.2) is 53.7 Å². The van der Waals surface area contributed by atoms with Crippen LogP contribution in [0.1, 0.15) is 79.1 Å². The van der Waals surface area contributed by atoms with Crippen LogP contribution in [0.5, 0.6) is 5.75 Å². The highest BCUT2D eigenvalue weighted by Crippen LogP contribution is 2.46. The van der Waals surface area contributed by atoms with Gasteiger partial charge in [-0.1, -0.05) is 18.2 Å². The van der Waals surface area contributed by atoms with Crippen LogP contribution < -0.4 is 10.1 Å². The summed E-state index contributed by atoms with van der Waals surface area (Å²) in [4.78, 5) is 24.4. The first-order chi connectivity index (χ1) is 19.8. The molecule has 1 saturated carbocycles. The summed E-state index contributed by atoms with van der Waals surface area (Å²) >= 11 is 0. The van der Waals surface area contributed by atoms with Gasteiger partial charge in [-0.2, -0.15) is 0 Å². The molecule has 0 bridgehead atoms. The summed E-state index contributed by atoms with van der Waals surface area (Å²) in [5, 5.41) is 4.10. The van der Waals surface area contributed by atoms with Gasteiger partial charge < -0.3 is 19.7 Å². The van der Waals surface area contributed by atoms with Crippen molar-refractivity contribution in [1.82, 2.24) is 14.9 Å². The Morgan fingerprint density at radius 2 is 1.80 bits per heavy atom. The molecule has 41 heavy (non-hydrogen) atoms. The van der Waals surface area contributed by atoms with Crippen molar-refractivity contribution in [3.05, 3.63) is 58.2 Å². The normalized spacial score (nSPS) is 21.6. The molecule has 7 nitrogen and oxygen atoms in total. The molecule has 2 fully saturated rings. The number of alkyl halides is 2. The van der Waals surface area contributed by atoms with E-state index in [4.69, 9.17) is 14.5 Å². The highest BCUT2D eigenvalue weighted by molar-refractivity contribution is 5.94. The van der Waals surface area contributed by atoms with E-state index in [9.17, 15) is 18.0 Å². The Morgan fingerprint density at radius 1 is 1.07 bits per heavy atom. The number of halogens is 3. The highest BCUT2D eigenvalue weighted by atomic mass is 19.3. The number of ether oxygens (including phenoxy) is 2. The molecule has 1 atom stereocenters. The second-order valence-electron chi connectivity index (χ2n) is 11.3. The molecule has 10 heteroatoms. The maximum Gasteiger partial charge on any atom is 0.266 e. The topological polar surface area (TPSA) is 76.6 Å². The zero-order valence-corrected chi connectivity index (χ0v) is 23.4. The first-order valence-corrected chi connectivity index (χ1v) is 14.5. The van der Waals surface area contributed by atoms with E-state index in [2.05, 4.69) is 16.4 Å². The Kier molecular flexibility index (Phi) is 7.76. The van der Waals surface area contributed by atoms with Crippen LogP contribution in [0.4, 0.5) is 19.0 Å². The lowest BCUT2D eigenvalue weighted by Crippen LogP contribution is -2.44. The van der Waals surface area contributed by atoms with Gasteiger partial charge in [0, 0.05) is 41.9 Å². The lowest BCUT2D eigenvalue weighted by Gasteiger charge is -2.34. The SMILES string of the molecule is Cc1nc(N[C@H](C)c2cccc(C(F)F)c2F)c2cc(C3CCC(C(=O)N4CCOCC4)CC3)c3c(c2n1)CCO3. The molecule has 218 valence electrons. The third kappa shape index (κ3) is 5.34. The van der Waals surface area contributed by atoms with Crippen LogP contribution in [0.2, 0.25) is 0 Å². The van der Waals surface area contributed by atoms with Crippen molar-refractivity contribution >= 4 is 22.6 Å². The lowest BCUT2D eigenvalue weighted by molar-refractivity contribution is -0.140. The number of aromatic nitrogens is 2. The van der Waals surface area contributed by atoms with Crippen LogP contribution in [0.3, 0.4) is 0 Å². The number of carbonyl (C=O) groups is 1. The van der Waals surface area contributed by atoms with Crippen molar-refractivity contribution in [2.75, 3.05) is 38.2 Å². The largest absolute Gasteiger partial charge is 0.493 e. The van der Waals surface area contributed by atoms with E-state index >= 15 is 0 Å². The number of rotatable bonds is 6. The molecule has 2 aromatic carbocycles. The molecule has 1 N–H and O–H groups in total. The van der Waals surface area contributed by atoms with Crippen molar-refractivity contribution in [2.45, 2.75) is 64.3 Å². The minimum absolute atomic E-state index is 0.0294. The van der Waals surface area contributed by atoms with Gasteiger partial charge in [-0.3, -0.25) is 4.79 Å². The van der Waals surface area contributed by atoms with E-state index in [1.54, 1.807) is 13.8 Å². The predicted octanol–water partition coefficient (Wildman–Crippen LogP) is 6.26. The Labute approximate surface area is 237 Å². The molecule has 1 aromatic heterocycles. The minimum Gasteiger partial charge on any atom is -0.493 e. The minimum atomic E-state index is -2.89. The summed E-state index contributed by atoms with van der Waals surface area (Å²) in [6.45, 7) is 6.63. The van der Waals surface area contributed by atoms with Crippen LogP contribution in [0, 0.1) is 18.7 Å². The molecule has 3 aromatic rings. The van der Waals surface area contributed by atoms with Gasteiger partial charge in [0.15, 0.2) is 0 Å². The van der Waals surface area contributed by atoms with Crippen LogP contribution in [-0.2, 0) is 16.0 Å². The Morgan fingerprint density at radius 3 is 2.54 bits per heavy atom. The van der Waals surface area contributed by atoms with E-state index in [0.29, 0.717) is 44.6 Å². The first-order valence-electron chi connectivity index (χ1n) is 14.5. The maximum atomic E-state index is 15.0. The quantitative estimate of drug-likeness (QED) is 0.379. The Hall–Kier alpha value is -3.40. The van der Waals surface area contributed by atoms with Gasteiger partial charge in [-0.15, -0.1) is 0 Å². The average Bonchev–Trinajstić information content (AvgIpc) is 3.47. The highest BCUT2D eigenvalue weighted by Gasteiger charge is 2.34. The summed E-state index contributed by atoms with van der Waals surface area (Å²) in [6.07, 6.45) is 1.22. The van der Waals surface area contributed by atoms with E-state index in [0.717, 1.165) is 65.9 Å². The number of anilines is 1. The number of fused-ring (bicyclic) bond motifs is 3. The molecule has 0 spiro atoms. The fourth-order valence-electron chi connectivity index (χ4n) is 6.57. The van der Waals surface area contributed by atoms with E-state index in [1.165, 1.54) is 12.1 Å². The monoisotopic (exact) mass is 568 g/mol. The molecule has 1 amide bonds. The number of benzene rings is 2. The van der Waals surface area contributed by atoms with E-state index in [1.807, 2.05) is 4.90 Å². The zero-order chi connectivity index (χ0) is 28.7. The molecule has 2 aliphatic heterocycles. The van der Waals surface area contributed by atoms with E-state index < -0.39 is 23.8 Å². The number of nitrogens with one attached hydrogen (secondary N) is 1. The third-order valence-corrected chi connectivity index (χ3v) is 8.73. The number of carbonyl (C=O) groups excluding carboxylic acids is 1. The molecular formula is C31H35F3N4O3. The van der Waals surface area contributed by atoms with Crippen molar-refractivity contribution < 1.29 is 27.4 Å². The van der Waals surface area contributed by atoms with Gasteiger partial charge in [-0.25, -0.2) is 23.1 Å². The van der Waals surface area contributed by atoms with Gasteiger partial charge in [0.2, 0.25) is 5.91 Å². The maximum absolute atomic E-state index is 15.0. The second-order valence-corrected chi connectivity index (χ2v) is 11.3. The Bertz CT molecular complexity index is 1450. The molecule has 1 aliphatic carbocycles. The first kappa shape index (κ1) is 27.8. The van der Waals surface area contributed by atoms with Crippen molar-refractivity contribution in [1.29, 1.82) is 0 Å². The van der Waals surface area contributed by atoms with Crippen molar-refractivity contribution in [3.8, 4) is 5.75 Å². The number of amides is 1. The number of aryl methyl sites for hydroxylation is 1. The standard InChI is InChI=1S/C31H35F3N4O3/c1-17(21-4-3-5-22(26(21)32)29(33)34)35-30-25-16-24(28-23(10-13-41-28)27(25)36-18(2)37-30)19-6-8-20(9-7-19)31(39)38-11-14-40-15-12-38/h3-5,16-17,19-20,29H,6-15H2,1-2H3,(H,35,36,37)/t17-,19?,20?/m1/s1. The molecule has 3 heterocycles. The fraction of sp³-hybridized carbons (Fsp3) is 0.516. The second kappa shape index (κ2) is 11.5. The fourth-order valence-corrected chi connectivity index (χ4v) is 6.57. The average molecular weight is 569 g/mol. The number of hydrogen-bond acceptors (Lipinski definition) is 6. The van der Waals surface area contributed by atoms with Gasteiger partial charge in [0.1, 0.15) is 23.2 Å². The molecule has 0 unspecified atom stereocenters. The predicted molar refractivity (Wildman–Crippen MR) is 149 cm³/mol. The van der Waals surface area contributed by atoms with Crippen molar-refractivity contribution in [3.63, 3.8) is 0 Å². The van der Waals surface area contributed by atoms with Crippen LogP contribution >= 0.6 is 0 Å². The number of morpholine rings is 1. The summed E-state index contributed by atoms with van der Waals surface area (Å²) in [6, 6.07) is 5.54. The Balaban J connectivity index is 1.30.